The molecule has 0 atom stereocenters. The van der Waals surface area contributed by atoms with Gasteiger partial charge in [0.2, 0.25) is 0 Å². The minimum Gasteiger partial charge on any atom is -0.453 e. The third-order valence-corrected chi connectivity index (χ3v) is 1.00. The Balaban J connectivity index is 2.49. The number of aromatic nitrogens is 2. The Morgan fingerprint density at radius 2 is 2.64 bits per heavy atom. The average molecular weight is 154 g/mol. The van der Waals surface area contributed by atoms with E-state index in [0.29, 0.717) is 6.29 Å². The zero-order valence-electron chi connectivity index (χ0n) is 5.61. The number of nitrogens with one attached hydrogen (secondary N) is 1. The SMILES string of the molecule is O=CCOC(=O)c1ccn[nH]1. The van der Waals surface area contributed by atoms with E-state index in [1.54, 1.807) is 0 Å². The molecule has 1 N–H and O–H groups in total. The molecule has 0 fully saturated rings. The smallest absolute Gasteiger partial charge is 0.356 e. The van der Waals surface area contributed by atoms with Crippen LogP contribution in [0.5, 0.6) is 0 Å². The summed E-state index contributed by atoms with van der Waals surface area (Å²) in [5.74, 6) is -0.574. The first kappa shape index (κ1) is 7.46. The number of carbonyl (C=O) groups is 2. The van der Waals surface area contributed by atoms with Gasteiger partial charge in [0.25, 0.3) is 0 Å². The van der Waals surface area contributed by atoms with Crippen LogP contribution in [0.3, 0.4) is 0 Å². The molecule has 0 aliphatic heterocycles. The number of carbonyl (C=O) groups excluding carboxylic acids is 2. The van der Waals surface area contributed by atoms with Crippen molar-refractivity contribution in [3.8, 4) is 0 Å². The van der Waals surface area contributed by atoms with E-state index < -0.39 is 5.97 Å². The number of nitrogens with zero attached hydrogens (tertiary/aromatic N) is 1. The van der Waals surface area contributed by atoms with E-state index in [1.165, 1.54) is 12.3 Å². The third kappa shape index (κ3) is 1.89. The Hall–Kier alpha value is -1.65. The molecule has 0 spiro atoms. The van der Waals surface area contributed by atoms with Gasteiger partial charge in [-0.25, -0.2) is 4.79 Å². The highest BCUT2D eigenvalue weighted by Crippen LogP contribution is 1.93. The molecule has 5 nitrogen and oxygen atoms in total. The molecular weight excluding hydrogens is 148 g/mol. The van der Waals surface area contributed by atoms with Gasteiger partial charge < -0.3 is 4.74 Å². The van der Waals surface area contributed by atoms with Crippen molar-refractivity contribution in [2.45, 2.75) is 0 Å². The van der Waals surface area contributed by atoms with Crippen LogP contribution in [0.1, 0.15) is 10.5 Å². The van der Waals surface area contributed by atoms with Gasteiger partial charge in [0.15, 0.2) is 6.29 Å². The minimum atomic E-state index is -0.574. The average Bonchev–Trinajstić information content (AvgIpc) is 2.52. The first-order valence-electron chi connectivity index (χ1n) is 2.94. The molecule has 0 saturated heterocycles. The highest BCUT2D eigenvalue weighted by Gasteiger charge is 2.06. The fourth-order valence-corrected chi connectivity index (χ4v) is 0.557. The van der Waals surface area contributed by atoms with Crippen molar-refractivity contribution in [1.29, 1.82) is 0 Å². The van der Waals surface area contributed by atoms with Crippen molar-refractivity contribution in [3.05, 3.63) is 18.0 Å². The zero-order valence-corrected chi connectivity index (χ0v) is 5.61. The van der Waals surface area contributed by atoms with Gasteiger partial charge in [-0.1, -0.05) is 0 Å². The molecule has 1 aromatic rings. The summed E-state index contributed by atoms with van der Waals surface area (Å²) >= 11 is 0. The molecule has 58 valence electrons. The Morgan fingerprint density at radius 3 is 3.18 bits per heavy atom. The predicted molar refractivity (Wildman–Crippen MR) is 34.9 cm³/mol. The molecule has 1 rings (SSSR count). The highest BCUT2D eigenvalue weighted by molar-refractivity contribution is 5.87. The zero-order chi connectivity index (χ0) is 8.10. The van der Waals surface area contributed by atoms with Crippen LogP contribution in [0, 0.1) is 0 Å². The van der Waals surface area contributed by atoms with Gasteiger partial charge in [0.1, 0.15) is 12.3 Å². The molecule has 0 aliphatic carbocycles. The van der Waals surface area contributed by atoms with Crippen LogP contribution in [0.15, 0.2) is 12.3 Å². The number of ether oxygens (including phenoxy) is 1. The lowest BCUT2D eigenvalue weighted by molar-refractivity contribution is -0.110. The Morgan fingerprint density at radius 1 is 1.82 bits per heavy atom. The second kappa shape index (κ2) is 3.50. The van der Waals surface area contributed by atoms with E-state index in [-0.39, 0.29) is 12.3 Å². The van der Waals surface area contributed by atoms with Crippen LogP contribution in [0.4, 0.5) is 0 Å². The first-order chi connectivity index (χ1) is 5.34. The van der Waals surface area contributed by atoms with E-state index in [2.05, 4.69) is 14.9 Å². The Kier molecular flexibility index (Phi) is 2.37. The molecule has 0 radical (unpaired) electrons. The van der Waals surface area contributed by atoms with Gasteiger partial charge in [-0.05, 0) is 6.07 Å². The first-order valence-corrected chi connectivity index (χ1v) is 2.94. The lowest BCUT2D eigenvalue weighted by Gasteiger charge is -1.94. The normalized spacial score (nSPS) is 9.09. The molecule has 1 heterocycles. The lowest BCUT2D eigenvalue weighted by Crippen LogP contribution is -2.07. The molecule has 0 unspecified atom stereocenters. The van der Waals surface area contributed by atoms with Gasteiger partial charge in [-0.2, -0.15) is 5.10 Å². The largest absolute Gasteiger partial charge is 0.453 e. The van der Waals surface area contributed by atoms with E-state index in [4.69, 9.17) is 0 Å². The number of rotatable bonds is 3. The Labute approximate surface area is 62.4 Å². The van der Waals surface area contributed by atoms with Crippen molar-refractivity contribution >= 4 is 12.3 Å². The summed E-state index contributed by atoms with van der Waals surface area (Å²) in [4.78, 5) is 20.6. The molecule has 1 aromatic heterocycles. The topological polar surface area (TPSA) is 72.1 Å². The predicted octanol–water partition coefficient (Wildman–Crippen LogP) is -0.235. The van der Waals surface area contributed by atoms with E-state index in [9.17, 15) is 9.59 Å². The minimum absolute atomic E-state index is 0.224. The molecule has 0 amide bonds. The second-order valence-corrected chi connectivity index (χ2v) is 1.74. The number of hydrogen-bond acceptors (Lipinski definition) is 4. The van der Waals surface area contributed by atoms with Gasteiger partial charge in [0.05, 0.1) is 0 Å². The molecule has 0 saturated carbocycles. The number of esters is 1. The molecule has 11 heavy (non-hydrogen) atoms. The van der Waals surface area contributed by atoms with E-state index >= 15 is 0 Å². The number of H-pyrrole nitrogens is 1. The number of aromatic amines is 1. The maximum absolute atomic E-state index is 10.8. The summed E-state index contributed by atoms with van der Waals surface area (Å²) in [5.41, 5.74) is 0.242. The number of hydrogen-bond donors (Lipinski definition) is 1. The lowest BCUT2D eigenvalue weighted by atomic mass is 10.4. The second-order valence-electron chi connectivity index (χ2n) is 1.74. The van der Waals surface area contributed by atoms with Gasteiger partial charge in [-0.3, -0.25) is 9.89 Å². The quantitative estimate of drug-likeness (QED) is 0.482. The van der Waals surface area contributed by atoms with Crippen LogP contribution >= 0.6 is 0 Å². The van der Waals surface area contributed by atoms with Gasteiger partial charge in [-0.15, -0.1) is 0 Å². The van der Waals surface area contributed by atoms with Crippen molar-refractivity contribution < 1.29 is 14.3 Å². The van der Waals surface area contributed by atoms with Crippen LogP contribution in [0.2, 0.25) is 0 Å². The number of aldehydes is 1. The molecule has 5 heteroatoms. The monoisotopic (exact) mass is 154 g/mol. The molecule has 0 aromatic carbocycles. The highest BCUT2D eigenvalue weighted by atomic mass is 16.5. The van der Waals surface area contributed by atoms with Gasteiger partial charge in [0, 0.05) is 6.20 Å². The maximum Gasteiger partial charge on any atom is 0.356 e. The fraction of sp³-hybridized carbons (Fsp3) is 0.167. The maximum atomic E-state index is 10.8. The van der Waals surface area contributed by atoms with Gasteiger partial charge >= 0.3 is 5.97 Å². The standard InChI is InChI=1S/C6H6N2O3/c9-3-4-11-6(10)5-1-2-7-8-5/h1-3H,4H2,(H,7,8). The third-order valence-electron chi connectivity index (χ3n) is 1.00. The van der Waals surface area contributed by atoms with Crippen molar-refractivity contribution in [2.75, 3.05) is 6.61 Å². The van der Waals surface area contributed by atoms with Crippen LogP contribution in [0.25, 0.3) is 0 Å². The summed E-state index contributed by atoms with van der Waals surface area (Å²) in [6.07, 6.45) is 1.94. The van der Waals surface area contributed by atoms with Crippen molar-refractivity contribution in [1.82, 2.24) is 10.2 Å². The summed E-state index contributed by atoms with van der Waals surface area (Å²) in [5, 5.41) is 5.94. The summed E-state index contributed by atoms with van der Waals surface area (Å²) in [6.45, 7) is -0.224. The van der Waals surface area contributed by atoms with E-state index in [0.717, 1.165) is 0 Å². The fourth-order valence-electron chi connectivity index (χ4n) is 0.557. The summed E-state index contributed by atoms with van der Waals surface area (Å²) < 4.78 is 4.46. The van der Waals surface area contributed by atoms with E-state index in [1.807, 2.05) is 0 Å². The van der Waals surface area contributed by atoms with Crippen LogP contribution < -0.4 is 0 Å². The summed E-state index contributed by atoms with van der Waals surface area (Å²) in [6, 6.07) is 1.47. The van der Waals surface area contributed by atoms with Crippen molar-refractivity contribution in [2.24, 2.45) is 0 Å². The molecular formula is C6H6N2O3. The van der Waals surface area contributed by atoms with Crippen molar-refractivity contribution in [3.63, 3.8) is 0 Å². The van der Waals surface area contributed by atoms with Crippen LogP contribution in [-0.4, -0.2) is 29.1 Å². The Bertz CT molecular complexity index is 242. The molecule has 0 bridgehead atoms. The van der Waals surface area contributed by atoms with Crippen LogP contribution in [-0.2, 0) is 9.53 Å². The summed E-state index contributed by atoms with van der Waals surface area (Å²) in [7, 11) is 0. The molecule has 0 aliphatic rings.